The zero-order valence-corrected chi connectivity index (χ0v) is 17.4. The van der Waals surface area contributed by atoms with E-state index in [1.165, 1.54) is 23.1 Å². The molecular formula is C18H16N4O5S2. The van der Waals surface area contributed by atoms with E-state index < -0.39 is 0 Å². The number of rotatable bonds is 8. The summed E-state index contributed by atoms with van der Waals surface area (Å²) in [5.41, 5.74) is 0.654. The molecule has 29 heavy (non-hydrogen) atoms. The van der Waals surface area contributed by atoms with Crippen molar-refractivity contribution in [2.75, 3.05) is 21.3 Å². The molecule has 0 radical (unpaired) electrons. The predicted octanol–water partition coefficient (Wildman–Crippen LogP) is 4.17. The largest absolute Gasteiger partial charge is 0.493 e. The van der Waals surface area contributed by atoms with Gasteiger partial charge in [-0.2, -0.15) is 0 Å². The first-order valence-electron chi connectivity index (χ1n) is 8.34. The van der Waals surface area contributed by atoms with E-state index in [2.05, 4.69) is 20.4 Å². The molecule has 0 aliphatic rings. The monoisotopic (exact) mass is 432 g/mol. The Labute approximate surface area is 174 Å². The fraction of sp³-hybridized carbons (Fsp3) is 0.222. The Hall–Kier alpha value is -3.05. The molecule has 0 saturated carbocycles. The third-order valence-corrected chi connectivity index (χ3v) is 5.50. The van der Waals surface area contributed by atoms with Gasteiger partial charge in [0, 0.05) is 5.56 Å². The number of benzene rings is 1. The van der Waals surface area contributed by atoms with E-state index >= 15 is 0 Å². The number of hydrogen-bond acceptors (Lipinski definition) is 11. The summed E-state index contributed by atoms with van der Waals surface area (Å²) in [5.74, 6) is 3.15. The second-order valence-corrected chi connectivity index (χ2v) is 7.43. The van der Waals surface area contributed by atoms with Crippen molar-refractivity contribution in [1.82, 2.24) is 20.4 Å². The first-order chi connectivity index (χ1) is 14.2. The first kappa shape index (κ1) is 19.3. The molecule has 0 unspecified atom stereocenters. The van der Waals surface area contributed by atoms with Gasteiger partial charge in [-0.3, -0.25) is 0 Å². The summed E-state index contributed by atoms with van der Waals surface area (Å²) in [5, 5.41) is 18.6. The van der Waals surface area contributed by atoms with Crippen molar-refractivity contribution in [1.29, 1.82) is 0 Å². The van der Waals surface area contributed by atoms with Gasteiger partial charge in [0.15, 0.2) is 11.5 Å². The second-order valence-electron chi connectivity index (χ2n) is 5.55. The molecule has 0 aliphatic heterocycles. The number of hydrogen-bond donors (Lipinski definition) is 0. The van der Waals surface area contributed by atoms with Crippen LogP contribution < -0.4 is 14.2 Å². The van der Waals surface area contributed by atoms with E-state index in [-0.39, 0.29) is 0 Å². The molecule has 1 aromatic carbocycles. The van der Waals surface area contributed by atoms with Crippen molar-refractivity contribution in [2.45, 2.75) is 11.0 Å². The summed E-state index contributed by atoms with van der Waals surface area (Å²) < 4.78 is 27.5. The maximum atomic E-state index is 5.76. The minimum atomic E-state index is 0.338. The van der Waals surface area contributed by atoms with Gasteiger partial charge in [0.25, 0.3) is 11.1 Å². The molecule has 11 heteroatoms. The molecule has 4 aromatic rings. The molecule has 0 aliphatic carbocycles. The van der Waals surface area contributed by atoms with Crippen LogP contribution in [-0.4, -0.2) is 41.7 Å². The van der Waals surface area contributed by atoms with E-state index in [0.717, 1.165) is 4.88 Å². The number of thiophene rings is 1. The van der Waals surface area contributed by atoms with Crippen molar-refractivity contribution in [3.63, 3.8) is 0 Å². The topological polar surface area (TPSA) is 106 Å². The molecule has 150 valence electrons. The highest BCUT2D eigenvalue weighted by Crippen LogP contribution is 2.41. The minimum absolute atomic E-state index is 0.338. The van der Waals surface area contributed by atoms with Crippen LogP contribution in [0.5, 0.6) is 17.2 Å². The molecule has 0 bridgehead atoms. The summed E-state index contributed by atoms with van der Waals surface area (Å²) in [6, 6.07) is 7.35. The number of thioether (sulfide) groups is 1. The molecule has 0 atom stereocenters. The van der Waals surface area contributed by atoms with Crippen molar-refractivity contribution < 1.29 is 23.0 Å². The fourth-order valence-electron chi connectivity index (χ4n) is 2.52. The maximum absolute atomic E-state index is 5.76. The van der Waals surface area contributed by atoms with Gasteiger partial charge in [-0.05, 0) is 23.6 Å². The molecule has 0 fully saturated rings. The van der Waals surface area contributed by atoms with Crippen molar-refractivity contribution in [3.8, 4) is 39.5 Å². The molecule has 4 rings (SSSR count). The van der Waals surface area contributed by atoms with E-state index in [4.69, 9.17) is 23.0 Å². The third-order valence-electron chi connectivity index (χ3n) is 3.84. The molecule has 9 nitrogen and oxygen atoms in total. The molecule has 3 aromatic heterocycles. The van der Waals surface area contributed by atoms with Gasteiger partial charge in [-0.1, -0.05) is 17.8 Å². The summed E-state index contributed by atoms with van der Waals surface area (Å²) in [4.78, 5) is 0.923. The van der Waals surface area contributed by atoms with Gasteiger partial charge in [0.1, 0.15) is 0 Å². The first-order valence-corrected chi connectivity index (χ1v) is 10.2. The lowest BCUT2D eigenvalue weighted by Crippen LogP contribution is -1.95. The Kier molecular flexibility index (Phi) is 5.67. The Morgan fingerprint density at radius 1 is 0.931 bits per heavy atom. The SMILES string of the molecule is COc1cc(-c2nnc(CSc3nnc(-c4cccs4)o3)o2)cc(OC)c1OC. The molecule has 0 N–H and O–H groups in total. The third kappa shape index (κ3) is 4.05. The van der Waals surface area contributed by atoms with Crippen LogP contribution in [-0.2, 0) is 5.75 Å². The standard InChI is InChI=1S/C18H16N4O5S2/c1-23-11-7-10(8-12(24-2)15(11)25-3)16-20-19-14(26-16)9-29-18-22-21-17(27-18)13-5-4-6-28-13/h4-8H,9H2,1-3H3. The molecule has 3 heterocycles. The molecule has 0 spiro atoms. The van der Waals surface area contributed by atoms with Gasteiger partial charge in [0.05, 0.1) is 32.0 Å². The van der Waals surface area contributed by atoms with Gasteiger partial charge >= 0.3 is 0 Å². The van der Waals surface area contributed by atoms with Crippen molar-refractivity contribution in [3.05, 3.63) is 35.5 Å². The van der Waals surface area contributed by atoms with E-state index in [1.807, 2.05) is 17.5 Å². The highest BCUT2D eigenvalue weighted by Gasteiger charge is 2.18. The summed E-state index contributed by atoms with van der Waals surface area (Å²) in [7, 11) is 4.64. The predicted molar refractivity (Wildman–Crippen MR) is 107 cm³/mol. The number of methoxy groups -OCH3 is 3. The van der Waals surface area contributed by atoms with Crippen LogP contribution in [0.3, 0.4) is 0 Å². The lowest BCUT2D eigenvalue weighted by atomic mass is 10.2. The zero-order chi connectivity index (χ0) is 20.2. The highest BCUT2D eigenvalue weighted by molar-refractivity contribution is 7.98. The quantitative estimate of drug-likeness (QED) is 0.377. The van der Waals surface area contributed by atoms with Crippen LogP contribution >= 0.6 is 23.1 Å². The average molecular weight is 432 g/mol. The number of nitrogens with zero attached hydrogens (tertiary/aromatic N) is 4. The van der Waals surface area contributed by atoms with Gasteiger partial charge in [-0.25, -0.2) is 0 Å². The number of aromatic nitrogens is 4. The van der Waals surface area contributed by atoms with E-state index in [9.17, 15) is 0 Å². The second kappa shape index (κ2) is 8.53. The normalized spacial score (nSPS) is 10.9. The maximum Gasteiger partial charge on any atom is 0.277 e. The molecule has 0 amide bonds. The zero-order valence-electron chi connectivity index (χ0n) is 15.7. The molecule has 0 saturated heterocycles. The summed E-state index contributed by atoms with van der Waals surface area (Å²) in [6.07, 6.45) is 0. The molecular weight excluding hydrogens is 416 g/mol. The highest BCUT2D eigenvalue weighted by atomic mass is 32.2. The van der Waals surface area contributed by atoms with E-state index in [1.54, 1.807) is 33.5 Å². The Balaban J connectivity index is 1.49. The van der Waals surface area contributed by atoms with Crippen LogP contribution in [0.2, 0.25) is 0 Å². The van der Waals surface area contributed by atoms with Crippen molar-refractivity contribution >= 4 is 23.1 Å². The van der Waals surface area contributed by atoms with Crippen LogP contribution in [0.4, 0.5) is 0 Å². The summed E-state index contributed by atoms with van der Waals surface area (Å²) in [6.45, 7) is 0. The van der Waals surface area contributed by atoms with Gasteiger partial charge in [0.2, 0.25) is 17.5 Å². The Morgan fingerprint density at radius 3 is 2.34 bits per heavy atom. The number of ether oxygens (including phenoxy) is 3. The lowest BCUT2D eigenvalue weighted by Gasteiger charge is -2.12. The minimum Gasteiger partial charge on any atom is -0.493 e. The Morgan fingerprint density at radius 2 is 1.69 bits per heavy atom. The Bertz CT molecular complexity index is 1070. The van der Waals surface area contributed by atoms with Crippen LogP contribution in [0.25, 0.3) is 22.2 Å². The van der Waals surface area contributed by atoms with Crippen molar-refractivity contribution in [2.24, 2.45) is 0 Å². The summed E-state index contributed by atoms with van der Waals surface area (Å²) >= 11 is 2.86. The van der Waals surface area contributed by atoms with Gasteiger partial charge < -0.3 is 23.0 Å². The average Bonchev–Trinajstić information content (AvgIpc) is 3.52. The lowest BCUT2D eigenvalue weighted by molar-refractivity contribution is 0.324. The fourth-order valence-corrected chi connectivity index (χ4v) is 3.77. The van der Waals surface area contributed by atoms with Crippen LogP contribution in [0.1, 0.15) is 5.89 Å². The van der Waals surface area contributed by atoms with Crippen LogP contribution in [0, 0.1) is 0 Å². The van der Waals surface area contributed by atoms with E-state index in [0.29, 0.717) is 51.5 Å². The van der Waals surface area contributed by atoms with Crippen LogP contribution in [0.15, 0.2) is 43.7 Å². The van der Waals surface area contributed by atoms with Gasteiger partial charge in [-0.15, -0.1) is 31.7 Å². The smallest absolute Gasteiger partial charge is 0.277 e.